The molecule has 1 amide bonds. The molecule has 142 valence electrons. The smallest absolute Gasteiger partial charge is 0.228 e. The van der Waals surface area contributed by atoms with Crippen LogP contribution < -0.4 is 5.32 Å². The van der Waals surface area contributed by atoms with E-state index in [1.165, 1.54) is 0 Å². The lowest BCUT2D eigenvalue weighted by molar-refractivity contribution is -0.119. The minimum atomic E-state index is -0.514. The quantitative estimate of drug-likeness (QED) is 0.890. The summed E-state index contributed by atoms with van der Waals surface area (Å²) in [5, 5.41) is 13.6. The van der Waals surface area contributed by atoms with Crippen LogP contribution in [0.2, 0.25) is 0 Å². The Kier molecular flexibility index (Phi) is 5.09. The Morgan fingerprint density at radius 2 is 2.18 bits per heavy atom. The largest absolute Gasteiger partial charge is 0.381 e. The Morgan fingerprint density at radius 1 is 1.32 bits per heavy atom. The molecule has 2 aromatic rings. The number of carbonyl (C=O) groups excluding carboxylic acids is 1. The van der Waals surface area contributed by atoms with Gasteiger partial charge in [0.15, 0.2) is 0 Å². The minimum absolute atomic E-state index is 0.0614. The molecule has 1 aromatic heterocycles. The van der Waals surface area contributed by atoms with Gasteiger partial charge in [-0.2, -0.15) is 5.26 Å². The monoisotopic (exact) mass is 374 g/mol. The Balaban J connectivity index is 1.37. The van der Waals surface area contributed by atoms with E-state index in [2.05, 4.69) is 16.4 Å². The van der Waals surface area contributed by atoms with Gasteiger partial charge in [0.2, 0.25) is 5.91 Å². The predicted molar refractivity (Wildman–Crippen MR) is 106 cm³/mol. The van der Waals surface area contributed by atoms with Crippen LogP contribution in [-0.4, -0.2) is 41.1 Å². The van der Waals surface area contributed by atoms with Crippen molar-refractivity contribution in [3.05, 3.63) is 66.1 Å². The summed E-state index contributed by atoms with van der Waals surface area (Å²) in [5.41, 5.74) is 2.12. The Morgan fingerprint density at radius 3 is 2.93 bits per heavy atom. The van der Waals surface area contributed by atoms with Crippen molar-refractivity contribution in [1.82, 2.24) is 15.2 Å². The van der Waals surface area contributed by atoms with Gasteiger partial charge in [-0.3, -0.25) is 9.78 Å². The summed E-state index contributed by atoms with van der Waals surface area (Å²) in [6.45, 7) is 1.81. The van der Waals surface area contributed by atoms with Gasteiger partial charge in [-0.1, -0.05) is 12.1 Å². The van der Waals surface area contributed by atoms with Crippen molar-refractivity contribution in [2.45, 2.75) is 24.8 Å². The fourth-order valence-electron chi connectivity index (χ4n) is 3.70. The van der Waals surface area contributed by atoms with Crippen LogP contribution >= 0.6 is 0 Å². The lowest BCUT2D eigenvalue weighted by Gasteiger charge is -2.41. The van der Waals surface area contributed by atoms with Crippen molar-refractivity contribution in [2.75, 3.05) is 19.8 Å². The molecular formula is C22H22N4O2. The normalized spacial score (nSPS) is 18.4. The average Bonchev–Trinajstić information content (AvgIpc) is 2.74. The number of pyridine rings is 1. The van der Waals surface area contributed by atoms with Crippen molar-refractivity contribution < 1.29 is 9.53 Å². The van der Waals surface area contributed by atoms with E-state index in [0.717, 1.165) is 22.2 Å². The van der Waals surface area contributed by atoms with Crippen LogP contribution in [0.4, 0.5) is 0 Å². The molecule has 1 N–H and O–H groups in total. The fourth-order valence-corrected chi connectivity index (χ4v) is 3.70. The maximum atomic E-state index is 12.4. The molecule has 0 aliphatic carbocycles. The first-order chi connectivity index (χ1) is 13.7. The third-order valence-electron chi connectivity index (χ3n) is 5.34. The summed E-state index contributed by atoms with van der Waals surface area (Å²) in [4.78, 5) is 18.8. The van der Waals surface area contributed by atoms with E-state index < -0.39 is 5.54 Å². The summed E-state index contributed by atoms with van der Waals surface area (Å²) in [6.07, 6.45) is 9.18. The molecule has 1 aromatic carbocycles. The Labute approximate surface area is 164 Å². The average molecular weight is 374 g/mol. The van der Waals surface area contributed by atoms with Gasteiger partial charge in [0.25, 0.3) is 0 Å². The molecule has 0 spiro atoms. The molecule has 4 rings (SSSR count). The Hall–Kier alpha value is -3.17. The number of hydrogen-bond donors (Lipinski definition) is 1. The maximum absolute atomic E-state index is 12.4. The van der Waals surface area contributed by atoms with Crippen LogP contribution in [0, 0.1) is 11.3 Å². The van der Waals surface area contributed by atoms with Crippen LogP contribution in [0.25, 0.3) is 10.9 Å². The van der Waals surface area contributed by atoms with Crippen LogP contribution in [0.5, 0.6) is 0 Å². The highest BCUT2D eigenvalue weighted by molar-refractivity contribution is 5.84. The van der Waals surface area contributed by atoms with Crippen LogP contribution in [0.15, 0.2) is 60.6 Å². The second-order valence-electron chi connectivity index (χ2n) is 7.14. The second-order valence-corrected chi connectivity index (χ2v) is 7.14. The maximum Gasteiger partial charge on any atom is 0.228 e. The zero-order chi connectivity index (χ0) is 19.4. The van der Waals surface area contributed by atoms with E-state index in [1.54, 1.807) is 6.20 Å². The molecule has 2 aliphatic heterocycles. The number of ether oxygens (including phenoxy) is 1. The molecule has 0 unspecified atom stereocenters. The number of amides is 1. The first-order valence-corrected chi connectivity index (χ1v) is 9.46. The third kappa shape index (κ3) is 3.75. The molecule has 6 heteroatoms. The van der Waals surface area contributed by atoms with E-state index in [9.17, 15) is 10.1 Å². The predicted octanol–water partition coefficient (Wildman–Crippen LogP) is 2.68. The van der Waals surface area contributed by atoms with E-state index >= 15 is 0 Å². The van der Waals surface area contributed by atoms with E-state index in [1.807, 2.05) is 53.6 Å². The van der Waals surface area contributed by atoms with Gasteiger partial charge in [0, 0.05) is 56.1 Å². The molecule has 0 atom stereocenters. The molecule has 6 nitrogen and oxygen atoms in total. The second kappa shape index (κ2) is 7.83. The van der Waals surface area contributed by atoms with Crippen molar-refractivity contribution in [2.24, 2.45) is 0 Å². The van der Waals surface area contributed by atoms with Crippen molar-refractivity contribution in [3.63, 3.8) is 0 Å². The molecule has 2 aliphatic rings. The lowest BCUT2D eigenvalue weighted by Crippen LogP contribution is -2.49. The molecule has 1 fully saturated rings. The molecule has 28 heavy (non-hydrogen) atoms. The van der Waals surface area contributed by atoms with Crippen molar-refractivity contribution >= 4 is 16.8 Å². The van der Waals surface area contributed by atoms with E-state index in [0.29, 0.717) is 39.0 Å². The van der Waals surface area contributed by atoms with Gasteiger partial charge in [-0.05, 0) is 35.9 Å². The number of benzene rings is 1. The summed E-state index contributed by atoms with van der Waals surface area (Å²) in [5.74, 6) is -0.0614. The summed E-state index contributed by atoms with van der Waals surface area (Å²) >= 11 is 0. The number of aromatic nitrogens is 1. The number of nitrogens with zero attached hydrogens (tertiary/aromatic N) is 3. The Bertz CT molecular complexity index is 983. The standard InChI is InChI=1S/C22H22N4O2/c23-16-22(7-12-28-13-8-22)26-10-5-19(6-11-26)25-21(27)15-17-3-4-20-18(14-17)2-1-9-24-20/h1-6,9-10,14H,7-8,11-13,15H2,(H,25,27). The van der Waals surface area contributed by atoms with Crippen molar-refractivity contribution in [1.29, 1.82) is 5.26 Å². The molecular weight excluding hydrogens is 352 g/mol. The number of carbonyl (C=O) groups is 1. The summed E-state index contributed by atoms with van der Waals surface area (Å²) in [7, 11) is 0. The first-order valence-electron chi connectivity index (χ1n) is 9.46. The number of hydrogen-bond acceptors (Lipinski definition) is 5. The zero-order valence-electron chi connectivity index (χ0n) is 15.6. The van der Waals surface area contributed by atoms with Crippen LogP contribution in [0.1, 0.15) is 18.4 Å². The van der Waals surface area contributed by atoms with Crippen LogP contribution in [-0.2, 0) is 16.0 Å². The van der Waals surface area contributed by atoms with E-state index in [-0.39, 0.29) is 5.91 Å². The number of nitriles is 1. The molecule has 0 saturated carbocycles. The van der Waals surface area contributed by atoms with Gasteiger partial charge < -0.3 is 15.0 Å². The summed E-state index contributed by atoms with van der Waals surface area (Å²) in [6, 6.07) is 12.2. The fraction of sp³-hybridized carbons (Fsp3) is 0.318. The minimum Gasteiger partial charge on any atom is -0.381 e. The third-order valence-corrected chi connectivity index (χ3v) is 5.34. The SMILES string of the molecule is N#CC1(N2C=CC(NC(=O)Cc3ccc4ncccc4c3)=CC2)CCOCC1. The lowest BCUT2D eigenvalue weighted by atomic mass is 9.89. The summed E-state index contributed by atoms with van der Waals surface area (Å²) < 4.78 is 5.40. The van der Waals surface area contributed by atoms with Gasteiger partial charge >= 0.3 is 0 Å². The highest BCUT2D eigenvalue weighted by Crippen LogP contribution is 2.29. The topological polar surface area (TPSA) is 78.3 Å². The number of nitrogens with one attached hydrogen (secondary N) is 1. The van der Waals surface area contributed by atoms with E-state index in [4.69, 9.17) is 4.74 Å². The first kappa shape index (κ1) is 18.2. The van der Waals surface area contributed by atoms with Gasteiger partial charge in [0.1, 0.15) is 5.54 Å². The van der Waals surface area contributed by atoms with Gasteiger partial charge in [0.05, 0.1) is 18.0 Å². The van der Waals surface area contributed by atoms with Crippen LogP contribution in [0.3, 0.4) is 0 Å². The number of fused-ring (bicyclic) bond motifs is 1. The zero-order valence-corrected chi connectivity index (χ0v) is 15.6. The molecule has 0 radical (unpaired) electrons. The molecule has 1 saturated heterocycles. The highest BCUT2D eigenvalue weighted by Gasteiger charge is 2.37. The number of rotatable bonds is 4. The molecule has 0 bridgehead atoms. The van der Waals surface area contributed by atoms with Crippen molar-refractivity contribution in [3.8, 4) is 6.07 Å². The number of allylic oxidation sites excluding steroid dienone is 1. The van der Waals surface area contributed by atoms with Gasteiger partial charge in [-0.15, -0.1) is 0 Å². The highest BCUT2D eigenvalue weighted by atomic mass is 16.5. The molecule has 3 heterocycles. The van der Waals surface area contributed by atoms with Gasteiger partial charge in [-0.25, -0.2) is 0 Å².